The van der Waals surface area contributed by atoms with E-state index in [1.54, 1.807) is 18.3 Å². The van der Waals surface area contributed by atoms with Crippen molar-refractivity contribution in [3.05, 3.63) is 59.4 Å². The van der Waals surface area contributed by atoms with Crippen LogP contribution >= 0.6 is 0 Å². The lowest BCUT2D eigenvalue weighted by molar-refractivity contribution is -0.137. The highest BCUT2D eigenvalue weighted by Gasteiger charge is 2.31. The first kappa shape index (κ1) is 25.0. The van der Waals surface area contributed by atoms with Crippen molar-refractivity contribution in [1.82, 2.24) is 25.5 Å². The minimum Gasteiger partial charge on any atom is -0.353 e. The predicted octanol–water partition coefficient (Wildman–Crippen LogP) is 4.95. The second-order valence-corrected chi connectivity index (χ2v) is 9.91. The summed E-state index contributed by atoms with van der Waals surface area (Å²) in [7, 11) is 1.97. The molecular weight excluding hydrogens is 483 g/mol. The zero-order valence-electron chi connectivity index (χ0n) is 20.6. The summed E-state index contributed by atoms with van der Waals surface area (Å²) in [4.78, 5) is 23.6. The molecule has 8 nitrogen and oxygen atoms in total. The van der Waals surface area contributed by atoms with Gasteiger partial charge in [0.2, 0.25) is 11.9 Å². The van der Waals surface area contributed by atoms with E-state index in [1.807, 2.05) is 13.1 Å². The Hall–Kier alpha value is -3.63. The molecule has 2 aliphatic rings. The smallest absolute Gasteiger partial charge is 0.353 e. The third kappa shape index (κ3) is 6.39. The Balaban J connectivity index is 1.11. The monoisotopic (exact) mass is 513 g/mol. The zero-order chi connectivity index (χ0) is 26.0. The molecule has 0 unspecified atom stereocenters. The highest BCUT2D eigenvalue weighted by Crippen LogP contribution is 2.39. The Labute approximate surface area is 213 Å². The molecular formula is C26H30F3N7O. The van der Waals surface area contributed by atoms with E-state index < -0.39 is 11.7 Å². The van der Waals surface area contributed by atoms with Crippen molar-refractivity contribution in [3.63, 3.8) is 0 Å². The van der Waals surface area contributed by atoms with Crippen molar-refractivity contribution in [3.8, 4) is 0 Å². The molecule has 1 amide bonds. The van der Waals surface area contributed by atoms with Crippen LogP contribution in [-0.2, 0) is 17.4 Å². The van der Waals surface area contributed by atoms with Crippen LogP contribution in [0.2, 0.25) is 0 Å². The number of rotatable bonds is 8. The molecule has 2 aliphatic carbocycles. The Morgan fingerprint density at radius 1 is 1.08 bits per heavy atom. The lowest BCUT2D eigenvalue weighted by Crippen LogP contribution is -2.43. The number of nitrogens with one attached hydrogen (secondary N) is 3. The summed E-state index contributed by atoms with van der Waals surface area (Å²) in [5.74, 6) is 2.34. The van der Waals surface area contributed by atoms with E-state index in [9.17, 15) is 18.0 Å². The fourth-order valence-electron chi connectivity index (χ4n) is 4.82. The molecule has 0 aliphatic heterocycles. The molecule has 3 N–H and O–H groups in total. The number of anilines is 3. The van der Waals surface area contributed by atoms with Gasteiger partial charge in [-0.2, -0.15) is 23.3 Å². The lowest BCUT2D eigenvalue weighted by Gasteiger charge is -2.35. The van der Waals surface area contributed by atoms with E-state index in [1.165, 1.54) is 18.9 Å². The van der Waals surface area contributed by atoms with Gasteiger partial charge in [-0.15, -0.1) is 0 Å². The van der Waals surface area contributed by atoms with Crippen LogP contribution in [0.5, 0.6) is 0 Å². The highest BCUT2D eigenvalue weighted by molar-refractivity contribution is 5.79. The quantitative estimate of drug-likeness (QED) is 0.395. The van der Waals surface area contributed by atoms with Gasteiger partial charge in [0.15, 0.2) is 5.82 Å². The van der Waals surface area contributed by atoms with E-state index >= 15 is 0 Å². The molecule has 1 aromatic carbocycles. The van der Waals surface area contributed by atoms with Crippen LogP contribution in [-0.4, -0.2) is 45.2 Å². The third-order valence-corrected chi connectivity index (χ3v) is 7.06. The summed E-state index contributed by atoms with van der Waals surface area (Å²) in [6.07, 6.45) is 2.86. The fraction of sp³-hybridized carbons (Fsp3) is 0.462. The molecule has 0 spiro atoms. The molecule has 2 heterocycles. The number of benzene rings is 1. The van der Waals surface area contributed by atoms with Crippen molar-refractivity contribution >= 4 is 23.5 Å². The Morgan fingerprint density at radius 3 is 2.59 bits per heavy atom. The third-order valence-electron chi connectivity index (χ3n) is 7.06. The topological polar surface area (TPSA) is 98.8 Å². The van der Waals surface area contributed by atoms with Gasteiger partial charge in [0, 0.05) is 43.0 Å². The average Bonchev–Trinajstić information content (AvgIpc) is 3.62. The number of halogens is 3. The van der Waals surface area contributed by atoms with Gasteiger partial charge >= 0.3 is 6.18 Å². The number of alkyl halides is 3. The normalized spacial score (nSPS) is 19.9. The maximum atomic E-state index is 12.9. The summed E-state index contributed by atoms with van der Waals surface area (Å²) in [6.45, 7) is 0. The summed E-state index contributed by atoms with van der Waals surface area (Å²) in [5, 5.41) is 13.6. The minimum atomic E-state index is -4.42. The van der Waals surface area contributed by atoms with E-state index in [-0.39, 0.29) is 24.4 Å². The molecule has 0 saturated heterocycles. The predicted molar refractivity (Wildman–Crippen MR) is 134 cm³/mol. The van der Waals surface area contributed by atoms with E-state index in [4.69, 9.17) is 0 Å². The Morgan fingerprint density at radius 2 is 1.86 bits per heavy atom. The van der Waals surface area contributed by atoms with Gasteiger partial charge in [-0.25, -0.2) is 4.98 Å². The number of aromatic nitrogens is 4. The van der Waals surface area contributed by atoms with Crippen LogP contribution in [0, 0.1) is 0 Å². The van der Waals surface area contributed by atoms with Crippen LogP contribution in [0.15, 0.2) is 42.6 Å². The molecule has 0 atom stereocenters. The van der Waals surface area contributed by atoms with Crippen molar-refractivity contribution in [2.75, 3.05) is 17.3 Å². The molecule has 11 heteroatoms. The maximum absolute atomic E-state index is 12.9. The molecule has 0 bridgehead atoms. The average molecular weight is 514 g/mol. The van der Waals surface area contributed by atoms with Crippen molar-refractivity contribution in [2.24, 2.45) is 0 Å². The number of H-pyrrole nitrogens is 1. The first-order valence-corrected chi connectivity index (χ1v) is 12.6. The van der Waals surface area contributed by atoms with Crippen LogP contribution in [0.1, 0.15) is 61.3 Å². The summed E-state index contributed by atoms with van der Waals surface area (Å²) >= 11 is 0. The minimum absolute atomic E-state index is 0.00260. The molecule has 37 heavy (non-hydrogen) atoms. The summed E-state index contributed by atoms with van der Waals surface area (Å²) in [5.41, 5.74) is 0.757. The second kappa shape index (κ2) is 10.4. The molecule has 3 aromatic rings. The van der Waals surface area contributed by atoms with E-state index in [0.29, 0.717) is 23.2 Å². The van der Waals surface area contributed by atoms with Crippen LogP contribution < -0.4 is 15.5 Å². The number of hydrogen-bond donors (Lipinski definition) is 3. The molecule has 2 aromatic heterocycles. The van der Waals surface area contributed by atoms with Gasteiger partial charge in [0.05, 0.1) is 12.0 Å². The second-order valence-electron chi connectivity index (χ2n) is 9.91. The number of hydrogen-bond acceptors (Lipinski definition) is 6. The number of carbonyl (C=O) groups is 1. The highest BCUT2D eigenvalue weighted by atomic mass is 19.4. The van der Waals surface area contributed by atoms with E-state index in [0.717, 1.165) is 49.3 Å². The largest absolute Gasteiger partial charge is 0.416 e. The Bertz CT molecular complexity index is 1230. The fourth-order valence-corrected chi connectivity index (χ4v) is 4.82. The van der Waals surface area contributed by atoms with Gasteiger partial charge < -0.3 is 15.5 Å². The standard InChI is InChI=1S/C26H30F3N7O/c1-36(25-30-12-11-22(33-25)32-23-15-21(34-35-23)17-5-6-17)20-9-7-19(8-10-20)31-24(37)14-16-3-2-4-18(13-16)26(27,28)29/h2-4,11-13,15,17,19-20H,5-10,14H2,1H3,(H,31,37)(H2,30,32,33,34,35)/t19-,20-. The van der Waals surface area contributed by atoms with Crippen LogP contribution in [0.25, 0.3) is 0 Å². The first-order valence-electron chi connectivity index (χ1n) is 12.6. The Kier molecular flexibility index (Phi) is 7.03. The zero-order valence-corrected chi connectivity index (χ0v) is 20.6. The number of nitrogens with zero attached hydrogens (tertiary/aromatic N) is 4. The van der Waals surface area contributed by atoms with Gasteiger partial charge in [-0.1, -0.05) is 18.2 Å². The van der Waals surface area contributed by atoms with Crippen molar-refractivity contribution in [2.45, 2.75) is 69.1 Å². The lowest BCUT2D eigenvalue weighted by atomic mass is 9.90. The van der Waals surface area contributed by atoms with E-state index in [2.05, 4.69) is 35.7 Å². The van der Waals surface area contributed by atoms with Gasteiger partial charge in [0.25, 0.3) is 0 Å². The summed E-state index contributed by atoms with van der Waals surface area (Å²) < 4.78 is 38.8. The van der Waals surface area contributed by atoms with Gasteiger partial charge in [-0.3, -0.25) is 9.89 Å². The van der Waals surface area contributed by atoms with Gasteiger partial charge in [-0.05, 0) is 56.2 Å². The molecule has 2 fully saturated rings. The number of amides is 1. The number of aromatic amines is 1. The van der Waals surface area contributed by atoms with Gasteiger partial charge in [0.1, 0.15) is 5.82 Å². The molecule has 5 rings (SSSR count). The summed E-state index contributed by atoms with van der Waals surface area (Å²) in [6, 6.07) is 8.96. The van der Waals surface area contributed by atoms with Crippen LogP contribution in [0.4, 0.5) is 30.8 Å². The van der Waals surface area contributed by atoms with Crippen molar-refractivity contribution < 1.29 is 18.0 Å². The maximum Gasteiger partial charge on any atom is 0.416 e. The first-order chi connectivity index (χ1) is 17.7. The van der Waals surface area contributed by atoms with Crippen LogP contribution in [0.3, 0.4) is 0 Å². The molecule has 0 radical (unpaired) electrons. The number of carbonyl (C=O) groups excluding carboxylic acids is 1. The molecule has 196 valence electrons. The van der Waals surface area contributed by atoms with Crippen molar-refractivity contribution in [1.29, 1.82) is 0 Å². The SMILES string of the molecule is CN(c1nccc(Nc2cc(C3CC3)[nH]n2)n1)[C@H]1CC[C@H](NC(=O)Cc2cccc(C(F)(F)F)c2)CC1. The molecule has 2 saturated carbocycles.